The number of hydrogen-bond acceptors (Lipinski definition) is 5. The van der Waals surface area contributed by atoms with Crippen molar-refractivity contribution in [3.63, 3.8) is 0 Å². The molecule has 0 aromatic heterocycles. The number of benzene rings is 2. The first-order valence-corrected chi connectivity index (χ1v) is 9.62. The Morgan fingerprint density at radius 1 is 1.16 bits per heavy atom. The third kappa shape index (κ3) is 4.35. The second-order valence-electron chi connectivity index (χ2n) is 5.51. The topological polar surface area (TPSA) is 64.6 Å². The minimum Gasteiger partial charge on any atom is -0.493 e. The van der Waals surface area contributed by atoms with E-state index in [1.54, 1.807) is 19.1 Å². The molecule has 0 unspecified atom stereocenters. The van der Waals surface area contributed by atoms with Gasteiger partial charge >= 0.3 is 0 Å². The van der Waals surface area contributed by atoms with E-state index >= 15 is 0 Å². The van der Waals surface area contributed by atoms with Gasteiger partial charge in [-0.1, -0.05) is 11.6 Å². The summed E-state index contributed by atoms with van der Waals surface area (Å²) < 4.78 is 48.1. The molecule has 0 aliphatic heterocycles. The van der Waals surface area contributed by atoms with Crippen molar-refractivity contribution < 1.29 is 22.3 Å². The molecule has 1 N–H and O–H groups in total. The van der Waals surface area contributed by atoms with Crippen LogP contribution < -0.4 is 14.8 Å². The summed E-state index contributed by atoms with van der Waals surface area (Å²) in [5, 5.41) is 3.45. The first-order chi connectivity index (χ1) is 11.7. The average Bonchev–Trinajstić information content (AvgIpc) is 2.52. The van der Waals surface area contributed by atoms with Crippen LogP contribution in [0.15, 0.2) is 35.2 Å². The Bertz CT molecular complexity index is 886. The van der Waals surface area contributed by atoms with E-state index in [0.29, 0.717) is 22.1 Å². The number of halogens is 2. The zero-order valence-electron chi connectivity index (χ0n) is 14.3. The number of sulfone groups is 1. The van der Waals surface area contributed by atoms with Gasteiger partial charge in [-0.15, -0.1) is 0 Å². The minimum atomic E-state index is -3.53. The molecule has 0 bridgehead atoms. The first-order valence-electron chi connectivity index (χ1n) is 7.35. The van der Waals surface area contributed by atoms with Crippen LogP contribution in [-0.4, -0.2) is 28.9 Å². The summed E-state index contributed by atoms with van der Waals surface area (Å²) in [7, 11) is -0.543. The van der Waals surface area contributed by atoms with Crippen LogP contribution in [0.4, 0.5) is 10.1 Å². The molecule has 2 rings (SSSR count). The predicted molar refractivity (Wildman–Crippen MR) is 96.1 cm³/mol. The molecule has 2 aromatic rings. The fourth-order valence-corrected chi connectivity index (χ4v) is 3.58. The molecule has 8 heteroatoms. The van der Waals surface area contributed by atoms with Gasteiger partial charge in [-0.25, -0.2) is 12.8 Å². The van der Waals surface area contributed by atoms with Crippen molar-refractivity contribution >= 4 is 27.1 Å². The van der Waals surface area contributed by atoms with Gasteiger partial charge in [0.2, 0.25) is 0 Å². The molecule has 0 heterocycles. The van der Waals surface area contributed by atoms with Crippen molar-refractivity contribution in [3.8, 4) is 11.5 Å². The summed E-state index contributed by atoms with van der Waals surface area (Å²) in [5.74, 6) is 0.364. The number of anilines is 1. The molecule has 0 saturated heterocycles. The lowest BCUT2D eigenvalue weighted by Crippen LogP contribution is -2.12. The standard InChI is InChI=1S/C17H19ClFNO4S/c1-10(13-7-11(18)8-15(23-2)17(13)24-3)20-14-9-12(19)5-6-16(14)25(4,21)22/h5-10,20H,1-4H3/t10-/m1/s1. The monoisotopic (exact) mass is 387 g/mol. The summed E-state index contributed by atoms with van der Waals surface area (Å²) in [6.45, 7) is 1.78. The van der Waals surface area contributed by atoms with E-state index in [1.165, 1.54) is 20.3 Å². The zero-order chi connectivity index (χ0) is 18.8. The second-order valence-corrected chi connectivity index (χ2v) is 7.93. The maximum atomic E-state index is 13.6. The third-order valence-corrected chi connectivity index (χ3v) is 5.03. The summed E-state index contributed by atoms with van der Waals surface area (Å²) in [6, 6.07) is 6.34. The Kier molecular flexibility index (Phi) is 5.80. The lowest BCUT2D eigenvalue weighted by molar-refractivity contribution is 0.350. The van der Waals surface area contributed by atoms with Gasteiger partial charge in [-0.2, -0.15) is 0 Å². The normalized spacial score (nSPS) is 12.6. The molecule has 0 aliphatic rings. The number of ether oxygens (including phenoxy) is 2. The maximum absolute atomic E-state index is 13.6. The van der Waals surface area contributed by atoms with Crippen LogP contribution in [-0.2, 0) is 9.84 Å². The highest BCUT2D eigenvalue weighted by Crippen LogP contribution is 2.39. The Morgan fingerprint density at radius 3 is 2.40 bits per heavy atom. The molecule has 0 radical (unpaired) electrons. The van der Waals surface area contributed by atoms with Gasteiger partial charge in [0.15, 0.2) is 21.3 Å². The highest BCUT2D eigenvalue weighted by atomic mass is 35.5. The molecule has 25 heavy (non-hydrogen) atoms. The third-order valence-electron chi connectivity index (χ3n) is 3.65. The smallest absolute Gasteiger partial charge is 0.177 e. The quantitative estimate of drug-likeness (QED) is 0.757. The van der Waals surface area contributed by atoms with Crippen LogP contribution in [0.3, 0.4) is 0 Å². The largest absolute Gasteiger partial charge is 0.493 e. The molecule has 0 saturated carbocycles. The fraction of sp³-hybridized carbons (Fsp3) is 0.294. The summed E-state index contributed by atoms with van der Waals surface area (Å²) in [4.78, 5) is 0.00806. The van der Waals surface area contributed by atoms with Crippen LogP contribution in [0.25, 0.3) is 0 Å². The predicted octanol–water partition coefficient (Wildman–Crippen LogP) is 4.07. The van der Waals surface area contributed by atoms with E-state index in [0.717, 1.165) is 18.4 Å². The highest BCUT2D eigenvalue weighted by molar-refractivity contribution is 7.90. The molecule has 5 nitrogen and oxygen atoms in total. The van der Waals surface area contributed by atoms with Crippen molar-refractivity contribution in [1.29, 1.82) is 0 Å². The van der Waals surface area contributed by atoms with Crippen LogP contribution in [0, 0.1) is 5.82 Å². The van der Waals surface area contributed by atoms with Crippen molar-refractivity contribution in [2.75, 3.05) is 25.8 Å². The lowest BCUT2D eigenvalue weighted by Gasteiger charge is -2.21. The van der Waals surface area contributed by atoms with Crippen LogP contribution >= 0.6 is 11.6 Å². The van der Waals surface area contributed by atoms with Gasteiger partial charge in [0.05, 0.1) is 30.8 Å². The molecule has 0 spiro atoms. The Balaban J connectivity index is 2.50. The zero-order valence-corrected chi connectivity index (χ0v) is 15.8. The molecule has 0 aliphatic carbocycles. The van der Waals surface area contributed by atoms with E-state index in [-0.39, 0.29) is 10.6 Å². The SMILES string of the molecule is COc1cc(Cl)cc([C@@H](C)Nc2cc(F)ccc2S(C)(=O)=O)c1OC. The molecular weight excluding hydrogens is 369 g/mol. The van der Waals surface area contributed by atoms with E-state index in [1.807, 2.05) is 0 Å². The van der Waals surface area contributed by atoms with Gasteiger partial charge < -0.3 is 14.8 Å². The number of hydrogen-bond donors (Lipinski definition) is 1. The Hall–Kier alpha value is -1.99. The van der Waals surface area contributed by atoms with Crippen molar-refractivity contribution in [2.24, 2.45) is 0 Å². The Morgan fingerprint density at radius 2 is 1.84 bits per heavy atom. The highest BCUT2D eigenvalue weighted by Gasteiger charge is 2.20. The number of rotatable bonds is 6. The molecule has 0 amide bonds. The molecule has 0 fully saturated rings. The number of nitrogens with one attached hydrogen (secondary N) is 1. The van der Waals surface area contributed by atoms with Gasteiger partial charge in [-0.3, -0.25) is 0 Å². The first kappa shape index (κ1) is 19.3. The van der Waals surface area contributed by atoms with Crippen LogP contribution in [0.2, 0.25) is 5.02 Å². The summed E-state index contributed by atoms with van der Waals surface area (Å²) in [6.07, 6.45) is 1.07. The molecule has 1 atom stereocenters. The average molecular weight is 388 g/mol. The second kappa shape index (κ2) is 7.49. The molecular formula is C17H19ClFNO4S. The number of methoxy groups -OCH3 is 2. The van der Waals surface area contributed by atoms with E-state index < -0.39 is 21.7 Å². The molecule has 136 valence electrons. The lowest BCUT2D eigenvalue weighted by atomic mass is 10.1. The van der Waals surface area contributed by atoms with E-state index in [9.17, 15) is 12.8 Å². The maximum Gasteiger partial charge on any atom is 0.177 e. The summed E-state index contributed by atoms with van der Waals surface area (Å²) >= 11 is 6.11. The van der Waals surface area contributed by atoms with Crippen molar-refractivity contribution in [1.82, 2.24) is 0 Å². The fourth-order valence-electron chi connectivity index (χ4n) is 2.53. The van der Waals surface area contributed by atoms with Gasteiger partial charge in [0.25, 0.3) is 0 Å². The van der Waals surface area contributed by atoms with Gasteiger partial charge in [0.1, 0.15) is 5.82 Å². The van der Waals surface area contributed by atoms with Crippen LogP contribution in [0.5, 0.6) is 11.5 Å². The van der Waals surface area contributed by atoms with E-state index in [2.05, 4.69) is 5.32 Å². The van der Waals surface area contributed by atoms with E-state index in [4.69, 9.17) is 21.1 Å². The van der Waals surface area contributed by atoms with Crippen LogP contribution in [0.1, 0.15) is 18.5 Å². The van der Waals surface area contributed by atoms with Gasteiger partial charge in [0, 0.05) is 22.9 Å². The summed E-state index contributed by atoms with van der Waals surface area (Å²) in [5.41, 5.74) is 0.812. The Labute approximate surface area is 151 Å². The van der Waals surface area contributed by atoms with Gasteiger partial charge in [-0.05, 0) is 31.2 Å². The minimum absolute atomic E-state index is 0.00806. The van der Waals surface area contributed by atoms with Crippen molar-refractivity contribution in [3.05, 3.63) is 46.7 Å². The molecule has 2 aromatic carbocycles. The van der Waals surface area contributed by atoms with Crippen molar-refractivity contribution in [2.45, 2.75) is 17.9 Å².